The summed E-state index contributed by atoms with van der Waals surface area (Å²) in [6.45, 7) is 0.323. The number of thiazole rings is 1. The summed E-state index contributed by atoms with van der Waals surface area (Å²) in [4.78, 5) is 17.9. The van der Waals surface area contributed by atoms with Crippen molar-refractivity contribution in [2.45, 2.75) is 11.7 Å². The molecule has 0 atom stereocenters. The molecule has 0 spiro atoms. The zero-order valence-corrected chi connectivity index (χ0v) is 18.9. The Morgan fingerprint density at radius 2 is 2.06 bits per heavy atom. The molecule has 1 N–H and O–H groups in total. The van der Waals surface area contributed by atoms with Crippen LogP contribution < -0.4 is 5.32 Å². The molecule has 0 unspecified atom stereocenters. The molecular formula is C21H17N5O2S3. The number of amides is 1. The van der Waals surface area contributed by atoms with Crippen LogP contribution in [0.4, 0.5) is 0 Å². The third-order valence-corrected chi connectivity index (χ3v) is 7.47. The lowest BCUT2D eigenvalue weighted by Crippen LogP contribution is -2.24. The maximum Gasteiger partial charge on any atom is 0.230 e. The molecule has 0 bridgehead atoms. The second kappa shape index (κ2) is 8.66. The molecule has 0 radical (unpaired) electrons. The first-order valence-electron chi connectivity index (χ1n) is 9.45. The fourth-order valence-corrected chi connectivity index (χ4v) is 5.41. The van der Waals surface area contributed by atoms with E-state index in [9.17, 15) is 4.79 Å². The standard InChI is InChI=1S/C21H17N5O2S3/c1-26-19(17-7-4-10-29-17)24-25-21(26)30-12-18(27)22-11-13-8-9-15(28-13)20-23-14-5-2-3-6-16(14)31-20/h2-10H,11-12H2,1H3,(H,22,27). The number of nitrogens with one attached hydrogen (secondary N) is 1. The number of thiophene rings is 1. The van der Waals surface area contributed by atoms with Gasteiger partial charge in [0.2, 0.25) is 5.91 Å². The minimum Gasteiger partial charge on any atom is -0.457 e. The Labute approximate surface area is 190 Å². The lowest BCUT2D eigenvalue weighted by molar-refractivity contribution is -0.118. The SMILES string of the molecule is Cn1c(SCC(=O)NCc2ccc(-c3nc4ccccc4s3)o2)nnc1-c1cccs1. The summed E-state index contributed by atoms with van der Waals surface area (Å²) in [5, 5.41) is 14.8. The number of nitrogens with zero attached hydrogens (tertiary/aromatic N) is 4. The monoisotopic (exact) mass is 467 g/mol. The largest absolute Gasteiger partial charge is 0.457 e. The van der Waals surface area contributed by atoms with Crippen LogP contribution in [0.15, 0.2) is 63.5 Å². The van der Waals surface area contributed by atoms with Crippen LogP contribution in [-0.2, 0) is 18.4 Å². The fraction of sp³-hybridized carbons (Fsp3) is 0.143. The minimum atomic E-state index is -0.0939. The number of thioether (sulfide) groups is 1. The molecule has 7 nitrogen and oxygen atoms in total. The molecule has 5 rings (SSSR count). The summed E-state index contributed by atoms with van der Waals surface area (Å²) in [5.41, 5.74) is 0.955. The van der Waals surface area contributed by atoms with Gasteiger partial charge in [0.25, 0.3) is 0 Å². The highest BCUT2D eigenvalue weighted by Gasteiger charge is 2.14. The number of fused-ring (bicyclic) bond motifs is 1. The van der Waals surface area contributed by atoms with E-state index >= 15 is 0 Å². The van der Waals surface area contributed by atoms with Gasteiger partial charge in [0.1, 0.15) is 5.76 Å². The summed E-state index contributed by atoms with van der Waals surface area (Å²) in [7, 11) is 1.90. The number of hydrogen-bond donors (Lipinski definition) is 1. The Hall–Kier alpha value is -2.95. The summed E-state index contributed by atoms with van der Waals surface area (Å²) >= 11 is 4.55. The van der Waals surface area contributed by atoms with E-state index in [2.05, 4.69) is 20.5 Å². The van der Waals surface area contributed by atoms with Crippen LogP contribution in [0.25, 0.3) is 31.7 Å². The Morgan fingerprint density at radius 1 is 1.16 bits per heavy atom. The van der Waals surface area contributed by atoms with Crippen molar-refractivity contribution >= 4 is 50.6 Å². The Kier molecular flexibility index (Phi) is 5.58. The van der Waals surface area contributed by atoms with Crippen molar-refractivity contribution in [1.82, 2.24) is 25.1 Å². The lowest BCUT2D eigenvalue weighted by atomic mass is 10.3. The Balaban J connectivity index is 1.16. The van der Waals surface area contributed by atoms with Crippen molar-refractivity contribution in [3.05, 3.63) is 59.7 Å². The molecule has 4 aromatic heterocycles. The van der Waals surface area contributed by atoms with Gasteiger partial charge >= 0.3 is 0 Å². The van der Waals surface area contributed by atoms with Crippen molar-refractivity contribution in [2.24, 2.45) is 7.05 Å². The summed E-state index contributed by atoms with van der Waals surface area (Å²) < 4.78 is 8.90. The normalized spacial score (nSPS) is 11.3. The molecule has 1 amide bonds. The quantitative estimate of drug-likeness (QED) is 0.345. The van der Waals surface area contributed by atoms with Crippen molar-refractivity contribution in [3.63, 3.8) is 0 Å². The highest BCUT2D eigenvalue weighted by molar-refractivity contribution is 7.99. The molecule has 156 valence electrons. The average Bonchev–Trinajstić information content (AvgIpc) is 3.57. The van der Waals surface area contributed by atoms with E-state index < -0.39 is 0 Å². The van der Waals surface area contributed by atoms with Gasteiger partial charge in [0.15, 0.2) is 21.7 Å². The van der Waals surface area contributed by atoms with Gasteiger partial charge in [-0.15, -0.1) is 32.9 Å². The van der Waals surface area contributed by atoms with Gasteiger partial charge in [0, 0.05) is 7.05 Å². The molecule has 0 saturated carbocycles. The van der Waals surface area contributed by atoms with Crippen molar-refractivity contribution in [1.29, 1.82) is 0 Å². The Morgan fingerprint density at radius 3 is 2.90 bits per heavy atom. The van der Waals surface area contributed by atoms with E-state index in [0.29, 0.717) is 23.2 Å². The third kappa shape index (κ3) is 4.27. The average molecular weight is 468 g/mol. The van der Waals surface area contributed by atoms with E-state index in [1.54, 1.807) is 22.7 Å². The van der Waals surface area contributed by atoms with Crippen LogP contribution in [0, 0.1) is 0 Å². The van der Waals surface area contributed by atoms with Crippen molar-refractivity contribution in [2.75, 3.05) is 5.75 Å². The van der Waals surface area contributed by atoms with Crippen LogP contribution in [-0.4, -0.2) is 31.4 Å². The van der Waals surface area contributed by atoms with Gasteiger partial charge in [0.05, 0.1) is 27.4 Å². The molecule has 0 aliphatic heterocycles. The van der Waals surface area contributed by atoms with Crippen LogP contribution in [0.1, 0.15) is 5.76 Å². The maximum absolute atomic E-state index is 12.3. The van der Waals surface area contributed by atoms with Gasteiger partial charge in [-0.25, -0.2) is 4.98 Å². The zero-order valence-electron chi connectivity index (χ0n) is 16.4. The fourth-order valence-electron chi connectivity index (χ4n) is 2.99. The van der Waals surface area contributed by atoms with E-state index in [4.69, 9.17) is 4.42 Å². The topological polar surface area (TPSA) is 85.8 Å². The molecule has 10 heteroatoms. The van der Waals surface area contributed by atoms with E-state index in [1.807, 2.05) is 65.5 Å². The second-order valence-electron chi connectivity index (χ2n) is 6.66. The molecule has 0 fully saturated rings. The van der Waals surface area contributed by atoms with Crippen LogP contribution in [0.2, 0.25) is 0 Å². The second-order valence-corrected chi connectivity index (χ2v) is 9.58. The minimum absolute atomic E-state index is 0.0939. The smallest absolute Gasteiger partial charge is 0.230 e. The van der Waals surface area contributed by atoms with E-state index in [0.717, 1.165) is 25.9 Å². The number of furan rings is 1. The molecule has 0 aliphatic rings. The summed E-state index contributed by atoms with van der Waals surface area (Å²) in [5.74, 6) is 2.35. The highest BCUT2D eigenvalue weighted by atomic mass is 32.2. The van der Waals surface area contributed by atoms with Crippen LogP contribution in [0.5, 0.6) is 0 Å². The molecule has 0 saturated heterocycles. The summed E-state index contributed by atoms with van der Waals surface area (Å²) in [6.07, 6.45) is 0. The number of hydrogen-bond acceptors (Lipinski definition) is 8. The number of para-hydroxylation sites is 1. The number of carbonyl (C=O) groups is 1. The van der Waals surface area contributed by atoms with Gasteiger partial charge in [-0.05, 0) is 35.7 Å². The molecule has 4 heterocycles. The molecular weight excluding hydrogens is 450 g/mol. The zero-order chi connectivity index (χ0) is 21.2. The summed E-state index contributed by atoms with van der Waals surface area (Å²) in [6, 6.07) is 15.7. The number of rotatable bonds is 7. The predicted octanol–water partition coefficient (Wildman–Crippen LogP) is 4.82. The van der Waals surface area contributed by atoms with E-state index in [-0.39, 0.29) is 11.7 Å². The number of benzene rings is 1. The van der Waals surface area contributed by atoms with Gasteiger partial charge in [-0.2, -0.15) is 0 Å². The molecule has 5 aromatic rings. The molecule has 1 aromatic carbocycles. The number of carbonyl (C=O) groups excluding carboxylic acids is 1. The van der Waals surface area contributed by atoms with Crippen molar-refractivity contribution in [3.8, 4) is 21.5 Å². The molecule has 0 aliphatic carbocycles. The van der Waals surface area contributed by atoms with Gasteiger partial charge in [-0.3, -0.25) is 4.79 Å². The number of aromatic nitrogens is 4. The van der Waals surface area contributed by atoms with Crippen molar-refractivity contribution < 1.29 is 9.21 Å². The first kappa shape index (κ1) is 20.0. The van der Waals surface area contributed by atoms with E-state index in [1.165, 1.54) is 11.8 Å². The third-order valence-electron chi connectivity index (χ3n) is 4.53. The highest BCUT2D eigenvalue weighted by Crippen LogP contribution is 2.31. The van der Waals surface area contributed by atoms with Crippen LogP contribution in [0.3, 0.4) is 0 Å². The first-order chi connectivity index (χ1) is 15.2. The molecule has 31 heavy (non-hydrogen) atoms. The predicted molar refractivity (Wildman–Crippen MR) is 124 cm³/mol. The Bertz CT molecular complexity index is 1300. The lowest BCUT2D eigenvalue weighted by Gasteiger charge is -2.04. The van der Waals surface area contributed by atoms with Gasteiger partial charge in [-0.1, -0.05) is 30.0 Å². The van der Waals surface area contributed by atoms with Gasteiger partial charge < -0.3 is 14.3 Å². The maximum atomic E-state index is 12.3. The first-order valence-corrected chi connectivity index (χ1v) is 12.1. The van der Waals surface area contributed by atoms with Crippen LogP contribution >= 0.6 is 34.4 Å².